The molecule has 2 aromatic carbocycles. The fourth-order valence-corrected chi connectivity index (χ4v) is 4.83. The third-order valence-electron chi connectivity index (χ3n) is 6.84. The van der Waals surface area contributed by atoms with Gasteiger partial charge in [-0.1, -0.05) is 13.0 Å². The van der Waals surface area contributed by atoms with Crippen LogP contribution in [0.1, 0.15) is 39.7 Å². The number of benzene rings is 2. The normalized spacial score (nSPS) is 15.6. The summed E-state index contributed by atoms with van der Waals surface area (Å²) in [4.78, 5) is 6.13. The molecule has 2 heterocycles. The molecule has 11 heteroatoms. The summed E-state index contributed by atoms with van der Waals surface area (Å²) in [5, 5.41) is 2.94. The fourth-order valence-electron chi connectivity index (χ4n) is 4.45. The van der Waals surface area contributed by atoms with E-state index in [-0.39, 0.29) is 35.3 Å². The van der Waals surface area contributed by atoms with Crippen LogP contribution in [0.25, 0.3) is 11.1 Å². The number of nitrogens with one attached hydrogen (secondary N) is 1. The second-order valence-electron chi connectivity index (χ2n) is 10.6. The first-order valence-electron chi connectivity index (χ1n) is 12.6. The molecule has 210 valence electrons. The molecule has 0 spiro atoms. The molecule has 4 rings (SSSR count). The summed E-state index contributed by atoms with van der Waals surface area (Å²) >= 11 is 0. The molecule has 0 fully saturated rings. The maximum Gasteiger partial charge on any atom is 0.211 e. The molecule has 0 amide bonds. The molecule has 1 aromatic heterocycles. The number of anilines is 3. The zero-order valence-electron chi connectivity index (χ0n) is 22.8. The van der Waals surface area contributed by atoms with Crippen molar-refractivity contribution in [3.05, 3.63) is 65.6 Å². The van der Waals surface area contributed by atoms with Crippen molar-refractivity contribution in [3.8, 4) is 16.9 Å². The van der Waals surface area contributed by atoms with Gasteiger partial charge in [0.2, 0.25) is 10.0 Å². The van der Waals surface area contributed by atoms with E-state index in [1.165, 1.54) is 31.3 Å². The lowest BCUT2D eigenvalue weighted by molar-refractivity contribution is 0.0960. The Morgan fingerprint density at radius 2 is 1.85 bits per heavy atom. The minimum absolute atomic E-state index is 0.108. The van der Waals surface area contributed by atoms with Crippen molar-refractivity contribution in [3.63, 3.8) is 0 Å². The van der Waals surface area contributed by atoms with Crippen LogP contribution in [0.3, 0.4) is 0 Å². The molecular formula is C28H33F3N4O3S. The Hall–Kier alpha value is -3.31. The minimum Gasteiger partial charge on any atom is -0.481 e. The number of halogens is 3. The molecular weight excluding hydrogens is 529 g/mol. The van der Waals surface area contributed by atoms with Gasteiger partial charge < -0.3 is 15.0 Å². The second kappa shape index (κ2) is 10.7. The average molecular weight is 563 g/mol. The predicted octanol–water partition coefficient (Wildman–Crippen LogP) is 6.08. The van der Waals surface area contributed by atoms with Crippen LogP contribution in [0, 0.1) is 17.5 Å². The Bertz CT molecular complexity index is 1500. The van der Waals surface area contributed by atoms with E-state index >= 15 is 4.39 Å². The van der Waals surface area contributed by atoms with Gasteiger partial charge in [-0.05, 0) is 63.1 Å². The molecule has 1 aliphatic rings. The Morgan fingerprint density at radius 3 is 2.49 bits per heavy atom. The van der Waals surface area contributed by atoms with E-state index in [2.05, 4.69) is 22.1 Å². The lowest BCUT2D eigenvalue weighted by atomic mass is 9.98. The third-order valence-corrected chi connectivity index (χ3v) is 8.10. The van der Waals surface area contributed by atoms with Gasteiger partial charge in [-0.25, -0.2) is 30.9 Å². The summed E-state index contributed by atoms with van der Waals surface area (Å²) in [6, 6.07) is 8.74. The first kappa shape index (κ1) is 28.7. The summed E-state index contributed by atoms with van der Waals surface area (Å²) in [5.41, 5.74) is 0.927. The van der Waals surface area contributed by atoms with Gasteiger partial charge in [0, 0.05) is 36.4 Å². The number of fused-ring (bicyclic) bond motifs is 1. The van der Waals surface area contributed by atoms with Crippen LogP contribution in [0.5, 0.6) is 5.75 Å². The molecule has 1 aliphatic heterocycles. The van der Waals surface area contributed by atoms with Gasteiger partial charge in [0.15, 0.2) is 11.6 Å². The van der Waals surface area contributed by atoms with Crippen molar-refractivity contribution in [2.75, 3.05) is 30.1 Å². The lowest BCUT2D eigenvalue weighted by Gasteiger charge is -2.44. The number of pyridine rings is 1. The molecule has 0 radical (unpaired) electrons. The summed E-state index contributed by atoms with van der Waals surface area (Å²) in [7, 11) is -2.10. The highest BCUT2D eigenvalue weighted by molar-refractivity contribution is 7.88. The van der Waals surface area contributed by atoms with Crippen LogP contribution < -0.4 is 15.0 Å². The summed E-state index contributed by atoms with van der Waals surface area (Å²) < 4.78 is 75.3. The lowest BCUT2D eigenvalue weighted by Crippen LogP contribution is -2.50. The van der Waals surface area contributed by atoms with Gasteiger partial charge in [0.25, 0.3) is 0 Å². The van der Waals surface area contributed by atoms with Crippen molar-refractivity contribution in [2.45, 2.75) is 52.3 Å². The molecule has 0 saturated heterocycles. The highest BCUT2D eigenvalue weighted by Crippen LogP contribution is 2.43. The number of rotatable bonds is 8. The van der Waals surface area contributed by atoms with Crippen molar-refractivity contribution in [1.29, 1.82) is 0 Å². The van der Waals surface area contributed by atoms with E-state index in [1.54, 1.807) is 12.1 Å². The Morgan fingerprint density at radius 1 is 1.13 bits per heavy atom. The van der Waals surface area contributed by atoms with Crippen molar-refractivity contribution in [2.24, 2.45) is 0 Å². The van der Waals surface area contributed by atoms with Gasteiger partial charge in [0.05, 0.1) is 24.7 Å². The predicted molar refractivity (Wildman–Crippen MR) is 147 cm³/mol. The molecule has 0 saturated carbocycles. The van der Waals surface area contributed by atoms with Gasteiger partial charge in [-0.15, -0.1) is 0 Å². The number of ether oxygens (including phenoxy) is 1. The second-order valence-corrected chi connectivity index (χ2v) is 12.6. The average Bonchev–Trinajstić information content (AvgIpc) is 2.85. The first-order valence-corrected chi connectivity index (χ1v) is 14.4. The van der Waals surface area contributed by atoms with E-state index in [0.717, 1.165) is 23.2 Å². The highest BCUT2D eigenvalue weighted by atomic mass is 32.2. The maximum atomic E-state index is 15.3. The maximum absolute atomic E-state index is 15.3. The molecule has 1 N–H and O–H groups in total. The first-order chi connectivity index (χ1) is 18.2. The topological polar surface area (TPSA) is 74.8 Å². The van der Waals surface area contributed by atoms with Gasteiger partial charge in [0.1, 0.15) is 23.1 Å². The van der Waals surface area contributed by atoms with Crippen LogP contribution in [0.2, 0.25) is 0 Å². The van der Waals surface area contributed by atoms with Crippen LogP contribution in [0.15, 0.2) is 42.6 Å². The van der Waals surface area contributed by atoms with Crippen molar-refractivity contribution < 1.29 is 26.3 Å². The van der Waals surface area contributed by atoms with Crippen LogP contribution in [-0.2, 0) is 16.6 Å². The monoisotopic (exact) mass is 562 g/mol. The molecule has 39 heavy (non-hydrogen) atoms. The van der Waals surface area contributed by atoms with Crippen LogP contribution in [-0.4, -0.2) is 49.2 Å². The summed E-state index contributed by atoms with van der Waals surface area (Å²) in [6.07, 6.45) is 2.90. The van der Waals surface area contributed by atoms with E-state index in [0.29, 0.717) is 23.5 Å². The molecule has 0 bridgehead atoms. The zero-order valence-corrected chi connectivity index (χ0v) is 23.7. The van der Waals surface area contributed by atoms with Gasteiger partial charge in [-0.2, -0.15) is 0 Å². The number of hydrogen-bond acceptors (Lipinski definition) is 6. The summed E-state index contributed by atoms with van der Waals surface area (Å²) in [5.74, 6) is -1.48. The largest absolute Gasteiger partial charge is 0.481 e. The number of aromatic nitrogens is 1. The molecule has 0 aliphatic carbocycles. The fraction of sp³-hybridized carbons (Fsp3) is 0.393. The van der Waals surface area contributed by atoms with E-state index in [9.17, 15) is 17.2 Å². The number of hydrogen-bond donors (Lipinski definition) is 1. The van der Waals surface area contributed by atoms with Crippen molar-refractivity contribution >= 4 is 27.2 Å². The quantitative estimate of drug-likeness (QED) is 0.359. The SMILES string of the molecule is CCC(C)N1CC(C)(C)Oc2c(F)cc(-c3cc(Nc4ccc(CN(C)S(C)(=O)=O)c(F)c4)ncc3F)cc21. The van der Waals surface area contributed by atoms with Crippen LogP contribution >= 0.6 is 0 Å². The molecule has 7 nitrogen and oxygen atoms in total. The number of sulfonamides is 1. The Balaban J connectivity index is 1.66. The highest BCUT2D eigenvalue weighted by Gasteiger charge is 2.36. The third kappa shape index (κ3) is 6.30. The Labute approximate surface area is 227 Å². The van der Waals surface area contributed by atoms with Gasteiger partial charge in [-0.3, -0.25) is 0 Å². The molecule has 1 atom stereocenters. The van der Waals surface area contributed by atoms with Crippen LogP contribution in [0.4, 0.5) is 30.4 Å². The summed E-state index contributed by atoms with van der Waals surface area (Å²) in [6.45, 7) is 8.33. The Kier molecular flexibility index (Phi) is 7.86. The van der Waals surface area contributed by atoms with E-state index < -0.39 is 33.1 Å². The van der Waals surface area contributed by atoms with Gasteiger partial charge >= 0.3 is 0 Å². The van der Waals surface area contributed by atoms with E-state index in [4.69, 9.17) is 4.74 Å². The molecule has 3 aromatic rings. The number of nitrogens with zero attached hydrogens (tertiary/aromatic N) is 3. The standard InChI is InChI=1S/C28H33F3N4O3S/c1-7-17(2)35-16-28(3,4)38-27-23(30)10-19(11-25(27)35)21-13-26(32-14-24(21)31)33-20-9-8-18(22(29)12-20)15-34(5)39(6,36)37/h8-14,17H,7,15-16H2,1-6H3,(H,32,33). The minimum atomic E-state index is -3.47. The smallest absolute Gasteiger partial charge is 0.211 e. The molecule has 1 unspecified atom stereocenters. The zero-order chi connectivity index (χ0) is 28.7. The van der Waals surface area contributed by atoms with Crippen molar-refractivity contribution in [1.82, 2.24) is 9.29 Å². The van der Waals surface area contributed by atoms with E-state index in [1.807, 2.05) is 20.8 Å².